The Kier molecular flexibility index (Phi) is 4.52. The maximum atomic E-state index is 9.74. The van der Waals surface area contributed by atoms with E-state index in [1.54, 1.807) is 12.1 Å². The van der Waals surface area contributed by atoms with Crippen molar-refractivity contribution in [1.29, 1.82) is 0 Å². The SMILES string of the molecule is CC1(CNCc2cc(Cl)ccc2O)CCCCC1. The van der Waals surface area contributed by atoms with Crippen LogP contribution in [0.1, 0.15) is 44.6 Å². The van der Waals surface area contributed by atoms with Crippen LogP contribution in [0.25, 0.3) is 0 Å². The summed E-state index contributed by atoms with van der Waals surface area (Å²) >= 11 is 5.93. The topological polar surface area (TPSA) is 32.3 Å². The van der Waals surface area contributed by atoms with E-state index in [9.17, 15) is 5.11 Å². The van der Waals surface area contributed by atoms with Crippen LogP contribution in [0.2, 0.25) is 5.02 Å². The number of halogens is 1. The van der Waals surface area contributed by atoms with E-state index in [4.69, 9.17) is 11.6 Å². The van der Waals surface area contributed by atoms with Crippen molar-refractivity contribution in [1.82, 2.24) is 5.32 Å². The Labute approximate surface area is 114 Å². The van der Waals surface area contributed by atoms with E-state index in [2.05, 4.69) is 12.2 Å². The molecule has 0 aromatic heterocycles. The molecule has 1 aromatic rings. The molecule has 3 heteroatoms. The molecule has 0 unspecified atom stereocenters. The lowest BCUT2D eigenvalue weighted by atomic mass is 9.76. The van der Waals surface area contributed by atoms with Gasteiger partial charge in [0.2, 0.25) is 0 Å². The highest BCUT2D eigenvalue weighted by molar-refractivity contribution is 6.30. The normalized spacial score (nSPS) is 18.8. The number of hydrogen-bond acceptors (Lipinski definition) is 2. The molecule has 0 amide bonds. The lowest BCUT2D eigenvalue weighted by molar-refractivity contribution is 0.207. The third-order valence-corrected chi connectivity index (χ3v) is 4.20. The number of rotatable bonds is 4. The minimum atomic E-state index is 0.320. The zero-order chi connectivity index (χ0) is 13.0. The van der Waals surface area contributed by atoms with Gasteiger partial charge in [-0.1, -0.05) is 37.8 Å². The van der Waals surface area contributed by atoms with Crippen LogP contribution in [0.4, 0.5) is 0 Å². The summed E-state index contributed by atoms with van der Waals surface area (Å²) < 4.78 is 0. The monoisotopic (exact) mass is 267 g/mol. The van der Waals surface area contributed by atoms with Gasteiger partial charge in [0.05, 0.1) is 0 Å². The molecule has 1 aliphatic carbocycles. The van der Waals surface area contributed by atoms with Crippen molar-refractivity contribution in [3.63, 3.8) is 0 Å². The highest BCUT2D eigenvalue weighted by Crippen LogP contribution is 2.35. The number of nitrogens with one attached hydrogen (secondary N) is 1. The molecule has 1 aliphatic rings. The fourth-order valence-corrected chi connectivity index (χ4v) is 2.97. The van der Waals surface area contributed by atoms with E-state index in [-0.39, 0.29) is 0 Å². The summed E-state index contributed by atoms with van der Waals surface area (Å²) in [7, 11) is 0. The van der Waals surface area contributed by atoms with Crippen molar-refractivity contribution >= 4 is 11.6 Å². The maximum Gasteiger partial charge on any atom is 0.120 e. The van der Waals surface area contributed by atoms with Gasteiger partial charge in [-0.05, 0) is 36.5 Å². The van der Waals surface area contributed by atoms with Crippen LogP contribution in [-0.4, -0.2) is 11.7 Å². The third kappa shape index (κ3) is 3.63. The van der Waals surface area contributed by atoms with Crippen LogP contribution in [0.15, 0.2) is 18.2 Å². The van der Waals surface area contributed by atoms with Gasteiger partial charge in [0.15, 0.2) is 0 Å². The van der Waals surface area contributed by atoms with E-state index in [1.165, 1.54) is 32.1 Å². The Morgan fingerprint density at radius 2 is 2.00 bits per heavy atom. The Morgan fingerprint density at radius 1 is 1.28 bits per heavy atom. The summed E-state index contributed by atoms with van der Waals surface area (Å²) in [5.41, 5.74) is 1.30. The van der Waals surface area contributed by atoms with Crippen LogP contribution >= 0.6 is 11.6 Å². The number of hydrogen-bond donors (Lipinski definition) is 2. The van der Waals surface area contributed by atoms with Gasteiger partial charge in [-0.3, -0.25) is 0 Å². The molecule has 0 atom stereocenters. The fraction of sp³-hybridized carbons (Fsp3) is 0.600. The first-order valence-electron chi connectivity index (χ1n) is 6.77. The zero-order valence-electron chi connectivity index (χ0n) is 11.0. The molecule has 0 radical (unpaired) electrons. The van der Waals surface area contributed by atoms with Gasteiger partial charge in [-0.25, -0.2) is 0 Å². The molecule has 0 bridgehead atoms. The Hall–Kier alpha value is -0.730. The Morgan fingerprint density at radius 3 is 2.72 bits per heavy atom. The molecule has 100 valence electrons. The fourth-order valence-electron chi connectivity index (χ4n) is 2.78. The van der Waals surface area contributed by atoms with Crippen LogP contribution < -0.4 is 5.32 Å². The molecule has 1 saturated carbocycles. The summed E-state index contributed by atoms with van der Waals surface area (Å²) in [5, 5.41) is 13.9. The van der Waals surface area contributed by atoms with Gasteiger partial charge in [0.25, 0.3) is 0 Å². The maximum absolute atomic E-state index is 9.74. The van der Waals surface area contributed by atoms with Crippen LogP contribution in [0.3, 0.4) is 0 Å². The smallest absolute Gasteiger partial charge is 0.120 e. The molecule has 0 heterocycles. The molecule has 18 heavy (non-hydrogen) atoms. The first kappa shape index (κ1) is 13.7. The number of aromatic hydroxyl groups is 1. The van der Waals surface area contributed by atoms with Crippen molar-refractivity contribution < 1.29 is 5.11 Å². The van der Waals surface area contributed by atoms with Crippen molar-refractivity contribution in [3.8, 4) is 5.75 Å². The molecule has 2 N–H and O–H groups in total. The van der Waals surface area contributed by atoms with Crippen molar-refractivity contribution in [2.45, 2.75) is 45.6 Å². The quantitative estimate of drug-likeness (QED) is 0.861. The first-order valence-corrected chi connectivity index (χ1v) is 7.15. The second kappa shape index (κ2) is 5.94. The van der Waals surface area contributed by atoms with Gasteiger partial charge in [-0.15, -0.1) is 0 Å². The van der Waals surface area contributed by atoms with E-state index in [0.717, 1.165) is 12.1 Å². The van der Waals surface area contributed by atoms with Crippen LogP contribution in [0, 0.1) is 5.41 Å². The summed E-state index contributed by atoms with van der Waals surface area (Å²) in [6.45, 7) is 4.05. The molecular weight excluding hydrogens is 246 g/mol. The number of phenols is 1. The molecule has 0 saturated heterocycles. The minimum Gasteiger partial charge on any atom is -0.508 e. The second-order valence-corrected chi connectivity index (χ2v) is 6.18. The third-order valence-electron chi connectivity index (χ3n) is 3.97. The molecule has 2 rings (SSSR count). The van der Waals surface area contributed by atoms with Gasteiger partial charge in [-0.2, -0.15) is 0 Å². The summed E-state index contributed by atoms with van der Waals surface area (Å²) in [6.07, 6.45) is 6.69. The minimum absolute atomic E-state index is 0.320. The van der Waals surface area contributed by atoms with Gasteiger partial charge in [0.1, 0.15) is 5.75 Å². The van der Waals surface area contributed by atoms with Crippen molar-refractivity contribution in [2.75, 3.05) is 6.54 Å². The average molecular weight is 268 g/mol. The summed E-state index contributed by atoms with van der Waals surface area (Å²) in [6, 6.07) is 5.19. The molecule has 0 spiro atoms. The predicted octanol–water partition coefficient (Wildman–Crippen LogP) is 4.11. The van der Waals surface area contributed by atoms with E-state index in [0.29, 0.717) is 22.7 Å². The van der Waals surface area contributed by atoms with Crippen molar-refractivity contribution in [3.05, 3.63) is 28.8 Å². The largest absolute Gasteiger partial charge is 0.508 e. The van der Waals surface area contributed by atoms with Crippen molar-refractivity contribution in [2.24, 2.45) is 5.41 Å². The van der Waals surface area contributed by atoms with Gasteiger partial charge in [0, 0.05) is 23.7 Å². The molecule has 1 fully saturated rings. The molecule has 2 nitrogen and oxygen atoms in total. The predicted molar refractivity (Wildman–Crippen MR) is 76.0 cm³/mol. The molecule has 1 aromatic carbocycles. The summed E-state index contributed by atoms with van der Waals surface area (Å²) in [4.78, 5) is 0. The lowest BCUT2D eigenvalue weighted by Gasteiger charge is -2.33. The first-order chi connectivity index (χ1) is 8.59. The highest BCUT2D eigenvalue weighted by Gasteiger charge is 2.26. The van der Waals surface area contributed by atoms with Crippen LogP contribution in [-0.2, 0) is 6.54 Å². The molecule has 0 aliphatic heterocycles. The Balaban J connectivity index is 1.86. The van der Waals surface area contributed by atoms with E-state index >= 15 is 0 Å². The Bertz CT molecular complexity index is 399. The average Bonchev–Trinajstić information content (AvgIpc) is 2.34. The zero-order valence-corrected chi connectivity index (χ0v) is 11.8. The molecular formula is C15H22ClNO. The highest BCUT2D eigenvalue weighted by atomic mass is 35.5. The number of phenolic OH excluding ortho intramolecular Hbond substituents is 1. The van der Waals surface area contributed by atoms with Gasteiger partial charge >= 0.3 is 0 Å². The second-order valence-electron chi connectivity index (χ2n) is 5.75. The number of benzene rings is 1. The van der Waals surface area contributed by atoms with E-state index in [1.807, 2.05) is 6.07 Å². The standard InChI is InChI=1S/C15H22ClNO/c1-15(7-3-2-4-8-15)11-17-10-12-9-13(16)5-6-14(12)18/h5-6,9,17-18H,2-4,7-8,10-11H2,1H3. The summed E-state index contributed by atoms with van der Waals surface area (Å²) in [5.74, 6) is 0.320. The van der Waals surface area contributed by atoms with Gasteiger partial charge < -0.3 is 10.4 Å². The van der Waals surface area contributed by atoms with Crippen LogP contribution in [0.5, 0.6) is 5.75 Å². The van der Waals surface area contributed by atoms with E-state index < -0.39 is 0 Å². The lowest BCUT2D eigenvalue weighted by Crippen LogP contribution is -2.33.